The quantitative estimate of drug-likeness (QED) is 0.702. The SMILES string of the molecule is CCC(C)N(c1csc2ccc(Br)cc2c1=O)C(C)CC. The first kappa shape index (κ1) is 16.5. The highest BCUT2D eigenvalue weighted by Gasteiger charge is 2.21. The molecule has 2 unspecified atom stereocenters. The lowest BCUT2D eigenvalue weighted by atomic mass is 10.1. The molecule has 2 atom stereocenters. The number of benzene rings is 1. The molecule has 0 saturated heterocycles. The van der Waals surface area contributed by atoms with Crippen molar-refractivity contribution in [2.24, 2.45) is 0 Å². The smallest absolute Gasteiger partial charge is 0.211 e. The summed E-state index contributed by atoms with van der Waals surface area (Å²) in [5.74, 6) is 0. The molecule has 2 nitrogen and oxygen atoms in total. The third-order valence-electron chi connectivity index (χ3n) is 4.13. The monoisotopic (exact) mass is 367 g/mol. The van der Waals surface area contributed by atoms with E-state index in [9.17, 15) is 4.79 Å². The van der Waals surface area contributed by atoms with Crippen LogP contribution < -0.4 is 10.3 Å². The summed E-state index contributed by atoms with van der Waals surface area (Å²) >= 11 is 5.11. The summed E-state index contributed by atoms with van der Waals surface area (Å²) in [7, 11) is 0. The average Bonchev–Trinajstić information content (AvgIpc) is 2.49. The minimum Gasteiger partial charge on any atom is -0.362 e. The van der Waals surface area contributed by atoms with E-state index in [4.69, 9.17) is 0 Å². The number of anilines is 1. The van der Waals surface area contributed by atoms with Crippen molar-refractivity contribution >= 4 is 43.0 Å². The summed E-state index contributed by atoms with van der Waals surface area (Å²) in [6.07, 6.45) is 2.07. The third-order valence-corrected chi connectivity index (χ3v) is 5.57. The molecule has 0 aliphatic rings. The lowest BCUT2D eigenvalue weighted by molar-refractivity contribution is 0.527. The first-order chi connectivity index (χ1) is 9.99. The molecule has 0 amide bonds. The Balaban J connectivity index is 2.63. The predicted molar refractivity (Wildman–Crippen MR) is 97.8 cm³/mol. The number of rotatable bonds is 5. The standard InChI is InChI=1S/C17H22BrNOS/c1-5-11(3)19(12(4)6-2)15-10-21-16-8-7-13(18)9-14(16)17(15)20/h7-12H,5-6H2,1-4H3. The van der Waals surface area contributed by atoms with Crippen LogP contribution in [-0.4, -0.2) is 12.1 Å². The first-order valence-corrected chi connectivity index (χ1v) is 9.16. The lowest BCUT2D eigenvalue weighted by Crippen LogP contribution is -2.42. The Morgan fingerprint density at radius 2 is 1.81 bits per heavy atom. The highest BCUT2D eigenvalue weighted by Crippen LogP contribution is 2.27. The second-order valence-electron chi connectivity index (χ2n) is 5.51. The minimum absolute atomic E-state index is 0.144. The third kappa shape index (κ3) is 3.32. The van der Waals surface area contributed by atoms with Gasteiger partial charge in [0, 0.05) is 32.0 Å². The fourth-order valence-electron chi connectivity index (χ4n) is 2.57. The molecule has 1 heterocycles. The van der Waals surface area contributed by atoms with Crippen LogP contribution in [0.5, 0.6) is 0 Å². The molecule has 0 radical (unpaired) electrons. The number of hydrogen-bond acceptors (Lipinski definition) is 3. The van der Waals surface area contributed by atoms with Gasteiger partial charge in [-0.2, -0.15) is 0 Å². The van der Waals surface area contributed by atoms with Gasteiger partial charge in [0.15, 0.2) is 0 Å². The molecule has 0 bridgehead atoms. The molecule has 1 aromatic carbocycles. The fraction of sp³-hybridized carbons (Fsp3) is 0.471. The van der Waals surface area contributed by atoms with Crippen molar-refractivity contribution in [1.29, 1.82) is 0 Å². The van der Waals surface area contributed by atoms with Gasteiger partial charge >= 0.3 is 0 Å². The lowest BCUT2D eigenvalue weighted by Gasteiger charge is -2.35. The van der Waals surface area contributed by atoms with E-state index in [0.29, 0.717) is 12.1 Å². The topological polar surface area (TPSA) is 20.3 Å². The van der Waals surface area contributed by atoms with Crippen LogP contribution in [0.1, 0.15) is 40.5 Å². The van der Waals surface area contributed by atoms with Crippen LogP contribution >= 0.6 is 27.3 Å². The zero-order valence-electron chi connectivity index (χ0n) is 13.0. The summed E-state index contributed by atoms with van der Waals surface area (Å²) in [5.41, 5.74) is 0.986. The Morgan fingerprint density at radius 3 is 2.38 bits per heavy atom. The van der Waals surface area contributed by atoms with Crippen LogP contribution in [0.25, 0.3) is 10.1 Å². The Kier molecular flexibility index (Phi) is 5.44. The van der Waals surface area contributed by atoms with Crippen molar-refractivity contribution in [2.45, 2.75) is 52.6 Å². The zero-order valence-corrected chi connectivity index (χ0v) is 15.4. The number of fused-ring (bicyclic) bond motifs is 1. The summed E-state index contributed by atoms with van der Waals surface area (Å²) < 4.78 is 2.00. The molecular formula is C17H22BrNOS. The number of nitrogens with zero attached hydrogens (tertiary/aromatic N) is 1. The maximum atomic E-state index is 12.9. The van der Waals surface area contributed by atoms with Crippen molar-refractivity contribution in [3.8, 4) is 0 Å². The Labute approximate surface area is 138 Å². The molecule has 114 valence electrons. The van der Waals surface area contributed by atoms with Crippen LogP contribution in [0.15, 0.2) is 32.8 Å². The Hall–Kier alpha value is -0.870. The van der Waals surface area contributed by atoms with Gasteiger partial charge < -0.3 is 4.90 Å². The van der Waals surface area contributed by atoms with Crippen LogP contribution in [0, 0.1) is 0 Å². The van der Waals surface area contributed by atoms with Gasteiger partial charge in [0.05, 0.1) is 5.69 Å². The zero-order chi connectivity index (χ0) is 15.6. The molecule has 21 heavy (non-hydrogen) atoms. The van der Waals surface area contributed by atoms with Crippen LogP contribution in [0.4, 0.5) is 5.69 Å². The van der Waals surface area contributed by atoms with Crippen molar-refractivity contribution in [3.05, 3.63) is 38.3 Å². The van der Waals surface area contributed by atoms with E-state index in [1.54, 1.807) is 11.3 Å². The van der Waals surface area contributed by atoms with E-state index >= 15 is 0 Å². The normalized spacial score (nSPS) is 14.1. The maximum absolute atomic E-state index is 12.9. The van der Waals surface area contributed by atoms with Gasteiger partial charge in [0.1, 0.15) is 0 Å². The Morgan fingerprint density at radius 1 is 1.19 bits per heavy atom. The van der Waals surface area contributed by atoms with Gasteiger partial charge in [-0.25, -0.2) is 0 Å². The van der Waals surface area contributed by atoms with Crippen molar-refractivity contribution in [2.75, 3.05) is 4.90 Å². The second kappa shape index (κ2) is 6.93. The summed E-state index contributed by atoms with van der Waals surface area (Å²) in [6, 6.07) is 6.66. The van der Waals surface area contributed by atoms with Crippen LogP contribution in [-0.2, 0) is 0 Å². The van der Waals surface area contributed by atoms with Crippen molar-refractivity contribution < 1.29 is 0 Å². The predicted octanol–water partition coefficient (Wildman–Crippen LogP) is 5.43. The molecule has 0 fully saturated rings. The van der Waals surface area contributed by atoms with Crippen LogP contribution in [0.2, 0.25) is 0 Å². The molecule has 0 spiro atoms. The average molecular weight is 368 g/mol. The molecule has 2 rings (SSSR count). The van der Waals surface area contributed by atoms with Gasteiger partial charge in [0.2, 0.25) is 5.43 Å². The maximum Gasteiger partial charge on any atom is 0.211 e. The van der Waals surface area contributed by atoms with E-state index in [0.717, 1.165) is 33.1 Å². The van der Waals surface area contributed by atoms with E-state index < -0.39 is 0 Å². The largest absolute Gasteiger partial charge is 0.362 e. The van der Waals surface area contributed by atoms with Gasteiger partial charge in [-0.05, 0) is 44.9 Å². The summed E-state index contributed by atoms with van der Waals surface area (Å²) in [5, 5.41) is 2.83. The second-order valence-corrected chi connectivity index (χ2v) is 7.34. The van der Waals surface area contributed by atoms with E-state index in [-0.39, 0.29) is 5.43 Å². The fourth-order valence-corrected chi connectivity index (χ4v) is 3.83. The first-order valence-electron chi connectivity index (χ1n) is 7.49. The molecule has 1 aromatic heterocycles. The van der Waals surface area contributed by atoms with Gasteiger partial charge in [-0.15, -0.1) is 11.3 Å². The number of halogens is 1. The van der Waals surface area contributed by atoms with Crippen molar-refractivity contribution in [3.63, 3.8) is 0 Å². The minimum atomic E-state index is 0.144. The number of hydrogen-bond donors (Lipinski definition) is 0. The molecule has 0 saturated carbocycles. The molecule has 2 aromatic rings. The molecular weight excluding hydrogens is 346 g/mol. The molecule has 0 aliphatic heterocycles. The van der Waals surface area contributed by atoms with Gasteiger partial charge in [-0.1, -0.05) is 29.8 Å². The van der Waals surface area contributed by atoms with Crippen LogP contribution in [0.3, 0.4) is 0 Å². The highest BCUT2D eigenvalue weighted by molar-refractivity contribution is 9.10. The van der Waals surface area contributed by atoms with Crippen molar-refractivity contribution in [1.82, 2.24) is 0 Å². The summed E-state index contributed by atoms with van der Waals surface area (Å²) in [6.45, 7) is 8.74. The van der Waals surface area contributed by atoms with E-state index in [1.807, 2.05) is 23.6 Å². The Bertz CT molecular complexity index is 672. The highest BCUT2D eigenvalue weighted by atomic mass is 79.9. The summed E-state index contributed by atoms with van der Waals surface area (Å²) in [4.78, 5) is 15.2. The van der Waals surface area contributed by atoms with E-state index in [1.165, 1.54) is 0 Å². The molecule has 4 heteroatoms. The van der Waals surface area contributed by atoms with E-state index in [2.05, 4.69) is 48.5 Å². The van der Waals surface area contributed by atoms with Gasteiger partial charge in [-0.3, -0.25) is 4.79 Å². The van der Waals surface area contributed by atoms with Gasteiger partial charge in [0.25, 0.3) is 0 Å². The molecule has 0 N–H and O–H groups in total. The molecule has 0 aliphatic carbocycles.